The maximum Gasteiger partial charge on any atom is 0.254 e. The lowest BCUT2D eigenvalue weighted by Gasteiger charge is -2.37. The van der Waals surface area contributed by atoms with Crippen LogP contribution in [0.4, 0.5) is 10.2 Å². The van der Waals surface area contributed by atoms with Gasteiger partial charge in [0.1, 0.15) is 5.82 Å². The second kappa shape index (κ2) is 6.66. The number of phenolic OH excluding ortho intramolecular Hbond substituents is 1. The van der Waals surface area contributed by atoms with Crippen LogP contribution in [-0.2, 0) is 4.74 Å². The van der Waals surface area contributed by atoms with Crippen molar-refractivity contribution in [3.05, 3.63) is 41.5 Å². The van der Waals surface area contributed by atoms with E-state index in [4.69, 9.17) is 4.74 Å². The van der Waals surface area contributed by atoms with Gasteiger partial charge in [0.25, 0.3) is 5.91 Å². The molecule has 2 aliphatic rings. The van der Waals surface area contributed by atoms with Gasteiger partial charge in [-0.3, -0.25) is 4.79 Å². The van der Waals surface area contributed by atoms with E-state index in [1.54, 1.807) is 10.9 Å². The van der Waals surface area contributed by atoms with E-state index in [0.717, 1.165) is 42.9 Å². The molecule has 9 heteroatoms. The average Bonchev–Trinajstić information content (AvgIpc) is 3.44. The minimum atomic E-state index is -0.964. The number of fused-ring (bicyclic) bond motifs is 1. The summed E-state index contributed by atoms with van der Waals surface area (Å²) in [6.45, 7) is 4.09. The molecule has 1 aliphatic heterocycles. The first-order chi connectivity index (χ1) is 14.4. The number of nitrogens with one attached hydrogen (secondary N) is 1. The first-order valence-electron chi connectivity index (χ1n) is 9.89. The van der Waals surface area contributed by atoms with Gasteiger partial charge >= 0.3 is 0 Å². The number of rotatable bonds is 3. The molecule has 1 spiro atoms. The third-order valence-corrected chi connectivity index (χ3v) is 6.00. The molecule has 0 atom stereocenters. The lowest BCUT2D eigenvalue weighted by Crippen LogP contribution is -2.48. The first-order valence-corrected chi connectivity index (χ1v) is 9.89. The zero-order valence-corrected chi connectivity index (χ0v) is 16.8. The number of nitrogens with zero attached hydrogens (tertiary/aromatic N) is 4. The topological polar surface area (TPSA) is 92.5 Å². The molecule has 156 valence electrons. The summed E-state index contributed by atoms with van der Waals surface area (Å²) in [7, 11) is 1.41. The number of hydrogen-bond donors (Lipinski definition) is 2. The van der Waals surface area contributed by atoms with Crippen LogP contribution in [0.15, 0.2) is 24.4 Å². The Morgan fingerprint density at radius 2 is 2.13 bits per heavy atom. The van der Waals surface area contributed by atoms with Gasteiger partial charge in [0.2, 0.25) is 0 Å². The van der Waals surface area contributed by atoms with E-state index >= 15 is 0 Å². The predicted octanol–water partition coefficient (Wildman–Crippen LogP) is 2.30. The van der Waals surface area contributed by atoms with Crippen molar-refractivity contribution < 1.29 is 19.0 Å². The SMILES string of the molecule is CNC(=O)c1cc(-n2nc(C)c3cc(N4CCOCC45CC5)ncc32)cc(O)c1F. The van der Waals surface area contributed by atoms with Crippen molar-refractivity contribution >= 4 is 22.6 Å². The fourth-order valence-electron chi connectivity index (χ4n) is 4.16. The molecule has 1 amide bonds. The number of aromatic hydroxyl groups is 1. The smallest absolute Gasteiger partial charge is 0.254 e. The molecule has 2 aromatic heterocycles. The molecule has 0 radical (unpaired) electrons. The fourth-order valence-corrected chi connectivity index (χ4v) is 4.16. The Hall–Kier alpha value is -3.20. The minimum Gasteiger partial charge on any atom is -0.505 e. The van der Waals surface area contributed by atoms with Crippen LogP contribution in [0.1, 0.15) is 28.9 Å². The van der Waals surface area contributed by atoms with Crippen LogP contribution in [0.2, 0.25) is 0 Å². The number of morpholine rings is 1. The van der Waals surface area contributed by atoms with Crippen LogP contribution >= 0.6 is 0 Å². The molecule has 0 bridgehead atoms. The van der Waals surface area contributed by atoms with E-state index < -0.39 is 17.5 Å². The molecule has 3 aromatic rings. The second-order valence-corrected chi connectivity index (χ2v) is 7.89. The van der Waals surface area contributed by atoms with E-state index in [1.807, 2.05) is 13.0 Å². The van der Waals surface area contributed by atoms with E-state index in [-0.39, 0.29) is 11.1 Å². The summed E-state index contributed by atoms with van der Waals surface area (Å²) in [5, 5.41) is 17.9. The molecule has 8 nitrogen and oxygen atoms in total. The third kappa shape index (κ3) is 2.80. The maximum atomic E-state index is 14.2. The van der Waals surface area contributed by atoms with E-state index in [9.17, 15) is 14.3 Å². The normalized spacial score (nSPS) is 17.5. The van der Waals surface area contributed by atoms with Gasteiger partial charge in [-0.25, -0.2) is 14.1 Å². The van der Waals surface area contributed by atoms with Gasteiger partial charge in [-0.2, -0.15) is 5.10 Å². The van der Waals surface area contributed by atoms with Crippen molar-refractivity contribution in [1.29, 1.82) is 0 Å². The number of halogens is 1. The van der Waals surface area contributed by atoms with E-state index in [2.05, 4.69) is 20.3 Å². The number of ether oxygens (including phenoxy) is 1. The first kappa shape index (κ1) is 18.8. The van der Waals surface area contributed by atoms with Crippen LogP contribution in [-0.4, -0.2) is 58.1 Å². The zero-order valence-electron chi connectivity index (χ0n) is 16.8. The monoisotopic (exact) mass is 411 g/mol. The number of amides is 1. The van der Waals surface area contributed by atoms with Gasteiger partial charge in [-0.1, -0.05) is 0 Å². The van der Waals surface area contributed by atoms with Gasteiger partial charge in [0.05, 0.1) is 47.4 Å². The van der Waals surface area contributed by atoms with Gasteiger partial charge in [0, 0.05) is 25.0 Å². The number of hydrogen-bond acceptors (Lipinski definition) is 6. The van der Waals surface area contributed by atoms with Gasteiger partial charge < -0.3 is 20.1 Å². The van der Waals surface area contributed by atoms with Gasteiger partial charge in [0.15, 0.2) is 11.6 Å². The van der Waals surface area contributed by atoms with E-state index in [0.29, 0.717) is 17.8 Å². The largest absolute Gasteiger partial charge is 0.505 e. The highest BCUT2D eigenvalue weighted by molar-refractivity contribution is 5.95. The number of aryl methyl sites for hydroxylation is 1. The number of anilines is 1. The summed E-state index contributed by atoms with van der Waals surface area (Å²) in [4.78, 5) is 19.0. The highest BCUT2D eigenvalue weighted by atomic mass is 19.1. The Bertz CT molecular complexity index is 1170. The Labute approximate surface area is 172 Å². The number of carbonyl (C=O) groups is 1. The summed E-state index contributed by atoms with van der Waals surface area (Å²) in [5.74, 6) is -1.31. The van der Waals surface area contributed by atoms with Crippen LogP contribution in [0.25, 0.3) is 16.6 Å². The summed E-state index contributed by atoms with van der Waals surface area (Å²) in [5.41, 5.74) is 1.68. The Morgan fingerprint density at radius 3 is 2.87 bits per heavy atom. The summed E-state index contributed by atoms with van der Waals surface area (Å²) < 4.78 is 21.5. The molecule has 30 heavy (non-hydrogen) atoms. The molecule has 0 unspecified atom stereocenters. The number of aromatic nitrogens is 3. The quantitative estimate of drug-likeness (QED) is 0.687. The molecular weight excluding hydrogens is 389 g/mol. The molecule has 1 saturated heterocycles. The number of pyridine rings is 1. The van der Waals surface area contributed by atoms with E-state index in [1.165, 1.54) is 19.2 Å². The standard InChI is InChI=1S/C21H22FN5O3/c1-12-14-9-18(26-5-6-30-11-21(26)3-4-21)24-10-16(14)27(25-12)13-7-15(20(29)23-2)19(22)17(28)8-13/h7-10,28H,3-6,11H2,1-2H3,(H,23,29). The van der Waals surface area contributed by atoms with Crippen LogP contribution in [0.5, 0.6) is 5.75 Å². The highest BCUT2D eigenvalue weighted by Gasteiger charge is 2.50. The summed E-state index contributed by atoms with van der Waals surface area (Å²) >= 11 is 0. The molecule has 1 saturated carbocycles. The average molecular weight is 411 g/mol. The van der Waals surface area contributed by atoms with Gasteiger partial charge in [-0.05, 0) is 31.9 Å². The highest BCUT2D eigenvalue weighted by Crippen LogP contribution is 2.45. The second-order valence-electron chi connectivity index (χ2n) is 7.89. The maximum absolute atomic E-state index is 14.2. The molecule has 5 rings (SSSR count). The van der Waals surface area contributed by atoms with Crippen LogP contribution in [0, 0.1) is 12.7 Å². The number of carbonyl (C=O) groups excluding carboxylic acids is 1. The van der Waals surface area contributed by atoms with Gasteiger partial charge in [-0.15, -0.1) is 0 Å². The van der Waals surface area contributed by atoms with Crippen molar-refractivity contribution in [1.82, 2.24) is 20.1 Å². The predicted molar refractivity (Wildman–Crippen MR) is 109 cm³/mol. The van der Waals surface area contributed by atoms with Crippen molar-refractivity contribution in [2.45, 2.75) is 25.3 Å². The number of phenols is 1. The Morgan fingerprint density at radius 1 is 1.33 bits per heavy atom. The third-order valence-electron chi connectivity index (χ3n) is 6.00. The van der Waals surface area contributed by atoms with Crippen molar-refractivity contribution in [2.75, 3.05) is 31.7 Å². The van der Waals surface area contributed by atoms with Crippen LogP contribution < -0.4 is 10.2 Å². The number of benzene rings is 1. The van der Waals surface area contributed by atoms with Crippen molar-refractivity contribution in [2.24, 2.45) is 0 Å². The summed E-state index contributed by atoms with van der Waals surface area (Å²) in [6, 6.07) is 4.64. The van der Waals surface area contributed by atoms with Crippen molar-refractivity contribution in [3.63, 3.8) is 0 Å². The lowest BCUT2D eigenvalue weighted by atomic mass is 10.1. The summed E-state index contributed by atoms with van der Waals surface area (Å²) in [6.07, 6.45) is 3.93. The molecule has 1 aliphatic carbocycles. The lowest BCUT2D eigenvalue weighted by molar-refractivity contribution is 0.0860. The molecule has 2 fully saturated rings. The molecular formula is C21H22FN5O3. The molecule has 2 N–H and O–H groups in total. The zero-order chi connectivity index (χ0) is 21.0. The molecule has 3 heterocycles. The Kier molecular flexibility index (Phi) is 4.18. The Balaban J connectivity index is 1.60. The molecule has 1 aromatic carbocycles. The fraction of sp³-hybridized carbons (Fsp3) is 0.381. The van der Waals surface area contributed by atoms with Crippen molar-refractivity contribution in [3.8, 4) is 11.4 Å². The minimum absolute atomic E-state index is 0.0635. The van der Waals surface area contributed by atoms with Crippen LogP contribution in [0.3, 0.4) is 0 Å².